The zero-order valence-electron chi connectivity index (χ0n) is 9.29. The predicted octanol–water partition coefficient (Wildman–Crippen LogP) is 0.0591. The van der Waals surface area contributed by atoms with Gasteiger partial charge in [-0.2, -0.15) is 4.98 Å². The van der Waals surface area contributed by atoms with Gasteiger partial charge in [0.15, 0.2) is 5.58 Å². The molecule has 0 unspecified atom stereocenters. The predicted molar refractivity (Wildman–Crippen MR) is 64.3 cm³/mol. The largest absolute Gasteiger partial charge is 0.428 e. The number of hydrogen-bond donors (Lipinski definition) is 2. The van der Waals surface area contributed by atoms with Crippen molar-refractivity contribution >= 4 is 32.5 Å². The van der Waals surface area contributed by atoms with E-state index in [-0.39, 0.29) is 12.0 Å². The molecule has 0 atom stereocenters. The van der Waals surface area contributed by atoms with Crippen LogP contribution in [0.25, 0.3) is 11.1 Å². The van der Waals surface area contributed by atoms with Gasteiger partial charge in [0, 0.05) is 18.2 Å². The van der Waals surface area contributed by atoms with Crippen LogP contribution in [0.5, 0.6) is 0 Å². The van der Waals surface area contributed by atoms with E-state index in [0.29, 0.717) is 11.2 Å². The molecule has 4 N–H and O–H groups in total. The highest BCUT2D eigenvalue weighted by Gasteiger charge is 2.22. The molecule has 2 rings (SSSR count). The van der Waals surface area contributed by atoms with Gasteiger partial charge in [-0.3, -0.25) is 4.79 Å². The van der Waals surface area contributed by atoms with Gasteiger partial charge < -0.3 is 15.9 Å². The first-order chi connectivity index (χ1) is 8.38. The Morgan fingerprint density at radius 3 is 2.78 bits per heavy atom. The topological polar surface area (TPSA) is 129 Å². The van der Waals surface area contributed by atoms with Crippen molar-refractivity contribution < 1.29 is 17.6 Å². The lowest BCUT2D eigenvalue weighted by Gasteiger charge is -1.96. The second-order valence-electron chi connectivity index (χ2n) is 3.74. The number of hydrogen-bond acceptors (Lipinski definition) is 6. The number of carbonyl (C=O) groups excluding carboxylic acids is 1. The summed E-state index contributed by atoms with van der Waals surface area (Å²) in [5.74, 6) is -1.12. The molecule has 0 saturated heterocycles. The third-order valence-corrected chi connectivity index (χ3v) is 3.72. The van der Waals surface area contributed by atoms with Crippen molar-refractivity contribution in [2.75, 3.05) is 11.5 Å². The molecular weight excluding hydrogens is 258 g/mol. The molecule has 18 heavy (non-hydrogen) atoms. The molecular formula is C10H11N3O4S. The fourth-order valence-electron chi connectivity index (χ4n) is 1.38. The minimum absolute atomic E-state index is 0.275. The molecule has 0 aliphatic rings. The molecule has 0 aliphatic heterocycles. The molecule has 1 aromatic heterocycles. The third kappa shape index (κ3) is 2.43. The van der Waals surface area contributed by atoms with Crippen molar-refractivity contribution in [1.82, 2.24) is 4.98 Å². The Hall–Kier alpha value is -2.09. The lowest BCUT2D eigenvalue weighted by atomic mass is 10.3. The normalized spacial score (nSPS) is 11.8. The second kappa shape index (κ2) is 4.30. The summed E-state index contributed by atoms with van der Waals surface area (Å²) in [5.41, 5.74) is 11.6. The first-order valence-corrected chi connectivity index (χ1v) is 6.71. The van der Waals surface area contributed by atoms with E-state index in [1.54, 1.807) is 12.1 Å². The first-order valence-electron chi connectivity index (χ1n) is 5.05. The number of rotatable bonds is 4. The van der Waals surface area contributed by atoms with Crippen molar-refractivity contribution in [2.45, 2.75) is 11.6 Å². The maximum Gasteiger partial charge on any atom is 0.316 e. The number of nitrogens with zero attached hydrogens (tertiary/aromatic N) is 1. The standard InChI is InChI=1S/C10H11N3O4S/c11-6-1-2-7-8(5-6)17-10(13-7)18(15,16)4-3-9(12)14/h1-2,5H,3-4,11H2,(H2,12,14). The Morgan fingerprint density at radius 2 is 2.11 bits per heavy atom. The van der Waals surface area contributed by atoms with E-state index in [1.807, 2.05) is 0 Å². The van der Waals surface area contributed by atoms with Gasteiger partial charge in [0.05, 0.1) is 5.75 Å². The number of amides is 1. The van der Waals surface area contributed by atoms with Crippen LogP contribution in [0.3, 0.4) is 0 Å². The SMILES string of the molecule is NC(=O)CCS(=O)(=O)c1nc2ccc(N)cc2o1. The summed E-state index contributed by atoms with van der Waals surface area (Å²) in [6.45, 7) is 0. The van der Waals surface area contributed by atoms with E-state index in [0.717, 1.165) is 0 Å². The number of carbonyl (C=O) groups is 1. The lowest BCUT2D eigenvalue weighted by molar-refractivity contribution is -0.117. The number of oxazole rings is 1. The highest BCUT2D eigenvalue weighted by molar-refractivity contribution is 7.91. The zero-order valence-corrected chi connectivity index (χ0v) is 10.1. The summed E-state index contributed by atoms with van der Waals surface area (Å²) in [6.07, 6.45) is -0.275. The van der Waals surface area contributed by atoms with Crippen LogP contribution in [-0.4, -0.2) is 25.1 Å². The fourth-order valence-corrected chi connectivity index (χ4v) is 2.47. The third-order valence-electron chi connectivity index (χ3n) is 2.28. The molecule has 0 aliphatic carbocycles. The average molecular weight is 269 g/mol. The number of benzene rings is 1. The van der Waals surface area contributed by atoms with Crippen LogP contribution < -0.4 is 11.5 Å². The summed E-state index contributed by atoms with van der Waals surface area (Å²) in [7, 11) is -3.75. The molecule has 96 valence electrons. The Morgan fingerprint density at radius 1 is 1.39 bits per heavy atom. The van der Waals surface area contributed by atoms with Crippen LogP contribution in [0.15, 0.2) is 27.8 Å². The highest BCUT2D eigenvalue weighted by atomic mass is 32.2. The van der Waals surface area contributed by atoms with Crippen LogP contribution in [0.4, 0.5) is 5.69 Å². The zero-order chi connectivity index (χ0) is 13.3. The average Bonchev–Trinajstić information content (AvgIpc) is 2.70. The summed E-state index contributed by atoms with van der Waals surface area (Å²) < 4.78 is 28.7. The van der Waals surface area contributed by atoms with E-state index in [1.165, 1.54) is 6.07 Å². The van der Waals surface area contributed by atoms with Gasteiger partial charge in [0.2, 0.25) is 15.7 Å². The maximum absolute atomic E-state index is 11.8. The molecule has 1 aromatic carbocycles. The number of nitrogens with two attached hydrogens (primary N) is 2. The number of aromatic nitrogens is 1. The number of nitrogen functional groups attached to an aromatic ring is 1. The molecule has 2 aromatic rings. The molecule has 0 spiro atoms. The number of fused-ring (bicyclic) bond motifs is 1. The van der Waals surface area contributed by atoms with Gasteiger partial charge in [0.25, 0.3) is 0 Å². The summed E-state index contributed by atoms with van der Waals surface area (Å²) >= 11 is 0. The van der Waals surface area contributed by atoms with Crippen molar-refractivity contribution in [3.05, 3.63) is 18.2 Å². The molecule has 0 bridgehead atoms. The molecule has 0 fully saturated rings. The second-order valence-corrected chi connectivity index (χ2v) is 5.73. The van der Waals surface area contributed by atoms with Gasteiger partial charge in [-0.05, 0) is 12.1 Å². The van der Waals surface area contributed by atoms with Gasteiger partial charge in [-0.15, -0.1) is 0 Å². The van der Waals surface area contributed by atoms with Crippen LogP contribution in [0.2, 0.25) is 0 Å². The molecule has 1 amide bonds. The quantitative estimate of drug-likeness (QED) is 0.755. The van der Waals surface area contributed by atoms with Gasteiger partial charge in [0.1, 0.15) is 5.52 Å². The lowest BCUT2D eigenvalue weighted by Crippen LogP contribution is -2.17. The summed E-state index contributed by atoms with van der Waals surface area (Å²) in [5, 5.41) is -0.427. The minimum Gasteiger partial charge on any atom is -0.428 e. The fraction of sp³-hybridized carbons (Fsp3) is 0.200. The highest BCUT2D eigenvalue weighted by Crippen LogP contribution is 2.21. The van der Waals surface area contributed by atoms with Crippen molar-refractivity contribution in [2.24, 2.45) is 5.73 Å². The molecule has 7 nitrogen and oxygen atoms in total. The van der Waals surface area contributed by atoms with E-state index in [9.17, 15) is 13.2 Å². The molecule has 1 heterocycles. The van der Waals surface area contributed by atoms with Crippen LogP contribution in [0, 0.1) is 0 Å². The van der Waals surface area contributed by atoms with Crippen LogP contribution in [0.1, 0.15) is 6.42 Å². The molecule has 0 radical (unpaired) electrons. The summed E-state index contributed by atoms with van der Waals surface area (Å²) in [6, 6.07) is 4.63. The monoisotopic (exact) mass is 269 g/mol. The number of sulfone groups is 1. The van der Waals surface area contributed by atoms with E-state index < -0.39 is 26.7 Å². The molecule has 8 heteroatoms. The van der Waals surface area contributed by atoms with E-state index in [4.69, 9.17) is 15.9 Å². The van der Waals surface area contributed by atoms with Crippen LogP contribution >= 0.6 is 0 Å². The summed E-state index contributed by atoms with van der Waals surface area (Å²) in [4.78, 5) is 14.4. The Labute approximate surface area is 103 Å². The van der Waals surface area contributed by atoms with E-state index in [2.05, 4.69) is 4.98 Å². The number of anilines is 1. The first kappa shape index (κ1) is 12.4. The Kier molecular flexibility index (Phi) is 2.95. The van der Waals surface area contributed by atoms with Crippen molar-refractivity contribution in [3.8, 4) is 0 Å². The Bertz CT molecular complexity index is 705. The smallest absolute Gasteiger partial charge is 0.316 e. The molecule has 0 saturated carbocycles. The minimum atomic E-state index is -3.75. The van der Waals surface area contributed by atoms with Crippen molar-refractivity contribution in [3.63, 3.8) is 0 Å². The Balaban J connectivity index is 2.38. The van der Waals surface area contributed by atoms with Gasteiger partial charge in [-0.1, -0.05) is 0 Å². The van der Waals surface area contributed by atoms with E-state index >= 15 is 0 Å². The maximum atomic E-state index is 11.8. The number of primary amides is 1. The van der Waals surface area contributed by atoms with Gasteiger partial charge >= 0.3 is 5.22 Å². The van der Waals surface area contributed by atoms with Crippen molar-refractivity contribution in [1.29, 1.82) is 0 Å². The van der Waals surface area contributed by atoms with Crippen LogP contribution in [-0.2, 0) is 14.6 Å². The van der Waals surface area contributed by atoms with Gasteiger partial charge in [-0.25, -0.2) is 8.42 Å².